The highest BCUT2D eigenvalue weighted by Gasteiger charge is 2.72. The van der Waals surface area contributed by atoms with E-state index in [1.165, 1.54) is 32.1 Å². The summed E-state index contributed by atoms with van der Waals surface area (Å²) >= 11 is 0. The van der Waals surface area contributed by atoms with Crippen LogP contribution in [0.3, 0.4) is 0 Å². The third-order valence-electron chi connectivity index (χ3n) is 5.50. The number of hydrogen-bond acceptors (Lipinski definition) is 2. The van der Waals surface area contributed by atoms with Crippen LogP contribution in [0.4, 0.5) is 0 Å². The lowest BCUT2D eigenvalue weighted by Crippen LogP contribution is -2.52. The highest BCUT2D eigenvalue weighted by Crippen LogP contribution is 2.67. The third kappa shape index (κ3) is 1.52. The second-order valence-corrected chi connectivity index (χ2v) is 12.3. The Hall–Kier alpha value is 0.137. The van der Waals surface area contributed by atoms with Gasteiger partial charge in [-0.05, 0) is 75.4 Å². The summed E-state index contributed by atoms with van der Waals surface area (Å²) in [6, 6.07) is 0. The summed E-state index contributed by atoms with van der Waals surface area (Å²) in [6.07, 6.45) is 7.40. The number of rotatable bonds is 2. The molecule has 2 nitrogen and oxygen atoms in total. The van der Waals surface area contributed by atoms with Gasteiger partial charge in [-0.2, -0.15) is 0 Å². The molecule has 1 aliphatic heterocycles. The minimum absolute atomic E-state index is 0.171. The van der Waals surface area contributed by atoms with Crippen molar-refractivity contribution in [2.24, 2.45) is 23.7 Å². The van der Waals surface area contributed by atoms with Gasteiger partial charge >= 0.3 is 0 Å². The van der Waals surface area contributed by atoms with Gasteiger partial charge in [0.2, 0.25) is 0 Å². The fourth-order valence-electron chi connectivity index (χ4n) is 5.09. The van der Waals surface area contributed by atoms with Crippen LogP contribution in [-0.4, -0.2) is 20.2 Å². The van der Waals surface area contributed by atoms with Crippen LogP contribution in [0, 0.1) is 23.7 Å². The van der Waals surface area contributed by atoms with E-state index in [9.17, 15) is 0 Å². The zero-order valence-electron chi connectivity index (χ0n) is 11.2. The molecule has 5 fully saturated rings. The van der Waals surface area contributed by atoms with E-state index in [1.54, 1.807) is 0 Å². The molecule has 1 unspecified atom stereocenters. The molecule has 4 aliphatic carbocycles. The van der Waals surface area contributed by atoms with Crippen molar-refractivity contribution in [1.82, 2.24) is 0 Å². The van der Waals surface area contributed by atoms with Gasteiger partial charge in [0.15, 0.2) is 14.6 Å². The Morgan fingerprint density at radius 1 is 0.941 bits per heavy atom. The molecule has 1 saturated heterocycles. The molecule has 1 atom stereocenters. The molecule has 0 radical (unpaired) electrons. The molecule has 0 amide bonds. The first kappa shape index (κ1) is 11.0. The smallest absolute Gasteiger partial charge is 0.187 e. The summed E-state index contributed by atoms with van der Waals surface area (Å²) in [5.74, 6) is 3.72. The van der Waals surface area contributed by atoms with E-state index in [2.05, 4.69) is 19.6 Å². The minimum Gasteiger partial charge on any atom is -0.391 e. The number of ether oxygens (including phenoxy) is 1. The zero-order valence-corrected chi connectivity index (χ0v) is 12.2. The van der Waals surface area contributed by atoms with Crippen LogP contribution in [0.25, 0.3) is 0 Å². The Balaban J connectivity index is 1.56. The molecule has 5 rings (SSSR count). The third-order valence-corrected chi connectivity index (χ3v) is 6.42. The highest BCUT2D eigenvalue weighted by molar-refractivity contribution is 6.69. The van der Waals surface area contributed by atoms with Gasteiger partial charge in [0.1, 0.15) is 5.60 Å². The summed E-state index contributed by atoms with van der Waals surface area (Å²) < 4.78 is 12.4. The predicted octanol–water partition coefficient (Wildman–Crippen LogP) is 3.39. The first-order chi connectivity index (χ1) is 7.97. The van der Waals surface area contributed by atoms with E-state index < -0.39 is 8.32 Å². The van der Waals surface area contributed by atoms with Gasteiger partial charge in [0.05, 0.1) is 0 Å². The number of epoxide rings is 1. The van der Waals surface area contributed by atoms with Crippen molar-refractivity contribution in [2.45, 2.75) is 63.6 Å². The second kappa shape index (κ2) is 3.17. The van der Waals surface area contributed by atoms with Crippen molar-refractivity contribution in [2.75, 3.05) is 0 Å². The molecular weight excluding hydrogens is 228 g/mol. The van der Waals surface area contributed by atoms with Gasteiger partial charge in [-0.3, -0.25) is 0 Å². The fourth-order valence-corrected chi connectivity index (χ4v) is 5.96. The minimum atomic E-state index is -1.45. The lowest BCUT2D eigenvalue weighted by molar-refractivity contribution is -0.0569. The van der Waals surface area contributed by atoms with E-state index in [1.807, 2.05) is 0 Å². The van der Waals surface area contributed by atoms with Crippen LogP contribution < -0.4 is 0 Å². The molecule has 1 heterocycles. The molecule has 4 saturated carbocycles. The maximum atomic E-state index is 6.25. The molecule has 3 heteroatoms. The molecule has 5 aliphatic rings. The first-order valence-corrected chi connectivity index (χ1v) is 10.7. The van der Waals surface area contributed by atoms with Gasteiger partial charge in [-0.15, -0.1) is 0 Å². The van der Waals surface area contributed by atoms with Gasteiger partial charge in [0, 0.05) is 0 Å². The predicted molar refractivity (Wildman–Crippen MR) is 69.1 cm³/mol. The van der Waals surface area contributed by atoms with E-state index >= 15 is 0 Å². The van der Waals surface area contributed by atoms with E-state index in [0.29, 0.717) is 0 Å². The summed E-state index contributed by atoms with van der Waals surface area (Å²) in [4.78, 5) is 0. The molecule has 1 spiro atoms. The Morgan fingerprint density at radius 2 is 1.47 bits per heavy atom. The zero-order chi connectivity index (χ0) is 11.8. The maximum Gasteiger partial charge on any atom is 0.187 e. The molecular formula is C14H24O2Si. The van der Waals surface area contributed by atoms with E-state index in [4.69, 9.17) is 9.16 Å². The van der Waals surface area contributed by atoms with Crippen LogP contribution in [0.15, 0.2) is 0 Å². The fraction of sp³-hybridized carbons (Fsp3) is 1.00. The maximum absolute atomic E-state index is 6.25. The second-order valence-electron chi connectivity index (χ2n) is 7.84. The quantitative estimate of drug-likeness (QED) is 0.555. The molecule has 96 valence electrons. The lowest BCUT2D eigenvalue weighted by Gasteiger charge is -2.53. The summed E-state index contributed by atoms with van der Waals surface area (Å²) in [5.41, 5.74) is 0.188. The van der Waals surface area contributed by atoms with Crippen LogP contribution in [0.2, 0.25) is 19.6 Å². The monoisotopic (exact) mass is 252 g/mol. The summed E-state index contributed by atoms with van der Waals surface area (Å²) in [7, 11) is -1.45. The van der Waals surface area contributed by atoms with Crippen molar-refractivity contribution in [1.29, 1.82) is 0 Å². The van der Waals surface area contributed by atoms with Crippen LogP contribution >= 0.6 is 0 Å². The Labute approximate surface area is 105 Å². The highest BCUT2D eigenvalue weighted by atomic mass is 28.4. The lowest BCUT2D eigenvalue weighted by atomic mass is 9.51. The topological polar surface area (TPSA) is 21.8 Å². The number of hydrogen-bond donors (Lipinski definition) is 0. The molecule has 0 aromatic heterocycles. The standard InChI is InChI=1S/C14H24O2Si/c1-17(2,3)16-13-14(15-13)11-5-9-4-10(7-11)8-12(14)6-9/h9-13H,4-8H2,1-3H3. The van der Waals surface area contributed by atoms with Crippen molar-refractivity contribution in [3.05, 3.63) is 0 Å². The van der Waals surface area contributed by atoms with Gasteiger partial charge in [-0.1, -0.05) is 0 Å². The van der Waals surface area contributed by atoms with Crippen molar-refractivity contribution < 1.29 is 9.16 Å². The van der Waals surface area contributed by atoms with Gasteiger partial charge < -0.3 is 9.16 Å². The van der Waals surface area contributed by atoms with E-state index in [-0.39, 0.29) is 11.9 Å². The van der Waals surface area contributed by atoms with Gasteiger partial charge in [-0.25, -0.2) is 0 Å². The van der Waals surface area contributed by atoms with Crippen molar-refractivity contribution >= 4 is 8.32 Å². The first-order valence-electron chi connectivity index (χ1n) is 7.33. The van der Waals surface area contributed by atoms with Gasteiger partial charge in [0.25, 0.3) is 0 Å². The molecule has 0 aromatic rings. The van der Waals surface area contributed by atoms with E-state index in [0.717, 1.165) is 23.7 Å². The van der Waals surface area contributed by atoms with Crippen LogP contribution in [0.5, 0.6) is 0 Å². The normalized spacial score (nSPS) is 55.6. The molecule has 17 heavy (non-hydrogen) atoms. The average molecular weight is 252 g/mol. The molecule has 4 bridgehead atoms. The Bertz CT molecular complexity index is 319. The van der Waals surface area contributed by atoms with Crippen molar-refractivity contribution in [3.63, 3.8) is 0 Å². The Kier molecular flexibility index (Phi) is 2.05. The SMILES string of the molecule is C[Si](C)(C)OC1OC12C1CC3CC(C1)CC2C3. The summed E-state index contributed by atoms with van der Waals surface area (Å²) in [6.45, 7) is 6.83. The van der Waals surface area contributed by atoms with Crippen LogP contribution in [-0.2, 0) is 9.16 Å². The average Bonchev–Trinajstić information content (AvgIpc) is 2.86. The molecule has 0 aromatic carbocycles. The summed E-state index contributed by atoms with van der Waals surface area (Å²) in [5, 5.41) is 0. The van der Waals surface area contributed by atoms with Crippen LogP contribution in [0.1, 0.15) is 32.1 Å². The Morgan fingerprint density at radius 3 is 1.94 bits per heavy atom. The van der Waals surface area contributed by atoms with Crippen molar-refractivity contribution in [3.8, 4) is 0 Å². The molecule has 0 N–H and O–H groups in total. The largest absolute Gasteiger partial charge is 0.391 e.